The third-order valence-electron chi connectivity index (χ3n) is 2.81. The van der Waals surface area contributed by atoms with E-state index in [1.54, 1.807) is 12.4 Å². The first-order chi connectivity index (χ1) is 8.88. The van der Waals surface area contributed by atoms with Crippen molar-refractivity contribution in [3.05, 3.63) is 42.6 Å². The van der Waals surface area contributed by atoms with Crippen LogP contribution in [0.2, 0.25) is 0 Å². The lowest BCUT2D eigenvalue weighted by atomic mass is 10.4. The van der Waals surface area contributed by atoms with Gasteiger partial charge in [0.1, 0.15) is 11.3 Å². The van der Waals surface area contributed by atoms with Gasteiger partial charge in [-0.15, -0.1) is 11.6 Å². The van der Waals surface area contributed by atoms with Gasteiger partial charge >= 0.3 is 0 Å². The normalized spacial score (nSPS) is 11.2. The zero-order valence-corrected chi connectivity index (χ0v) is 10.5. The lowest BCUT2D eigenvalue weighted by Crippen LogP contribution is -2.10. The van der Waals surface area contributed by atoms with Gasteiger partial charge in [-0.1, -0.05) is 0 Å². The first kappa shape index (κ1) is 11.2. The number of pyridine rings is 1. The highest BCUT2D eigenvalue weighted by atomic mass is 35.5. The van der Waals surface area contributed by atoms with Crippen LogP contribution in [0.25, 0.3) is 11.2 Å². The molecule has 3 aromatic rings. The topological polar surface area (TPSA) is 48.5 Å². The molecule has 0 radical (unpaired) electrons. The average Bonchev–Trinajstić information content (AvgIpc) is 3.03. The molecule has 92 valence electrons. The van der Waals surface area contributed by atoms with Gasteiger partial charge in [0, 0.05) is 25.1 Å². The maximum absolute atomic E-state index is 5.93. The summed E-state index contributed by atoms with van der Waals surface area (Å²) in [5, 5.41) is 4.18. The fourth-order valence-electron chi connectivity index (χ4n) is 1.98. The van der Waals surface area contributed by atoms with Crippen molar-refractivity contribution in [2.45, 2.75) is 19.0 Å². The van der Waals surface area contributed by atoms with Crippen LogP contribution in [0.15, 0.2) is 36.8 Å². The molecule has 0 fully saturated rings. The van der Waals surface area contributed by atoms with Crippen LogP contribution in [0, 0.1) is 0 Å². The number of hydrogen-bond donors (Lipinski definition) is 0. The molecule has 5 nitrogen and oxygen atoms in total. The molecule has 0 unspecified atom stereocenters. The second kappa shape index (κ2) is 4.78. The van der Waals surface area contributed by atoms with Crippen LogP contribution in [0.1, 0.15) is 5.82 Å². The Bertz CT molecular complexity index is 644. The molecule has 0 atom stereocenters. The largest absolute Gasteiger partial charge is 0.310 e. The molecular formula is C12H12ClN5. The first-order valence-corrected chi connectivity index (χ1v) is 6.25. The van der Waals surface area contributed by atoms with Crippen LogP contribution in [0.3, 0.4) is 0 Å². The second-order valence-corrected chi connectivity index (χ2v) is 4.20. The fourth-order valence-corrected chi connectivity index (χ4v) is 2.18. The van der Waals surface area contributed by atoms with Crippen molar-refractivity contribution in [3.8, 4) is 0 Å². The van der Waals surface area contributed by atoms with E-state index in [-0.39, 0.29) is 0 Å². The summed E-state index contributed by atoms with van der Waals surface area (Å²) in [6.07, 6.45) is 5.48. The van der Waals surface area contributed by atoms with Crippen molar-refractivity contribution in [1.82, 2.24) is 24.3 Å². The van der Waals surface area contributed by atoms with Crippen molar-refractivity contribution in [2.75, 3.05) is 0 Å². The molecular weight excluding hydrogens is 250 g/mol. The second-order valence-electron chi connectivity index (χ2n) is 3.93. The van der Waals surface area contributed by atoms with Gasteiger partial charge in [-0.3, -0.25) is 4.68 Å². The molecule has 0 amide bonds. The predicted octanol–water partition coefficient (Wildman–Crippen LogP) is 2.07. The van der Waals surface area contributed by atoms with E-state index in [4.69, 9.17) is 11.6 Å². The van der Waals surface area contributed by atoms with Crippen molar-refractivity contribution in [3.63, 3.8) is 0 Å². The first-order valence-electron chi connectivity index (χ1n) is 5.72. The van der Waals surface area contributed by atoms with Crippen molar-refractivity contribution >= 4 is 22.8 Å². The van der Waals surface area contributed by atoms with Crippen molar-refractivity contribution < 1.29 is 0 Å². The molecule has 3 rings (SSSR count). The highest BCUT2D eigenvalue weighted by Gasteiger charge is 2.10. The van der Waals surface area contributed by atoms with Crippen LogP contribution >= 0.6 is 11.6 Å². The third-order valence-corrected chi connectivity index (χ3v) is 3.05. The Morgan fingerprint density at radius 2 is 2.11 bits per heavy atom. The van der Waals surface area contributed by atoms with Gasteiger partial charge < -0.3 is 4.57 Å². The Kier molecular flexibility index (Phi) is 2.98. The highest BCUT2D eigenvalue weighted by molar-refractivity contribution is 6.16. The summed E-state index contributed by atoms with van der Waals surface area (Å²) < 4.78 is 3.93. The zero-order chi connectivity index (χ0) is 12.4. The van der Waals surface area contributed by atoms with E-state index in [0.717, 1.165) is 30.1 Å². The van der Waals surface area contributed by atoms with E-state index in [2.05, 4.69) is 15.1 Å². The lowest BCUT2D eigenvalue weighted by molar-refractivity contribution is 0.531. The van der Waals surface area contributed by atoms with Crippen molar-refractivity contribution in [2.24, 2.45) is 0 Å². The monoisotopic (exact) mass is 261 g/mol. The Morgan fingerprint density at radius 3 is 2.89 bits per heavy atom. The molecule has 18 heavy (non-hydrogen) atoms. The van der Waals surface area contributed by atoms with E-state index in [9.17, 15) is 0 Å². The minimum absolute atomic E-state index is 0.384. The number of alkyl halides is 1. The van der Waals surface area contributed by atoms with E-state index < -0.39 is 0 Å². The van der Waals surface area contributed by atoms with Crippen LogP contribution in [0.4, 0.5) is 0 Å². The molecule has 0 aliphatic heterocycles. The Balaban J connectivity index is 1.94. The summed E-state index contributed by atoms with van der Waals surface area (Å²) >= 11 is 5.93. The van der Waals surface area contributed by atoms with Gasteiger partial charge in [-0.2, -0.15) is 5.10 Å². The Labute approximate surface area is 109 Å². The minimum atomic E-state index is 0.384. The number of imidazole rings is 1. The standard InChI is InChI=1S/C12H12ClN5/c13-9-11-16-10-3-1-4-14-12(10)18(11)8-7-17-6-2-5-15-17/h1-6H,7-9H2. The van der Waals surface area contributed by atoms with Crippen LogP contribution in [0.5, 0.6) is 0 Å². The summed E-state index contributed by atoms with van der Waals surface area (Å²) in [6, 6.07) is 5.74. The smallest absolute Gasteiger partial charge is 0.160 e. The van der Waals surface area contributed by atoms with E-state index >= 15 is 0 Å². The van der Waals surface area contributed by atoms with Gasteiger partial charge in [0.15, 0.2) is 5.65 Å². The Morgan fingerprint density at radius 1 is 1.17 bits per heavy atom. The summed E-state index contributed by atoms with van der Waals surface area (Å²) in [6.45, 7) is 1.54. The number of rotatable bonds is 4. The average molecular weight is 262 g/mol. The molecule has 0 aliphatic carbocycles. The molecule has 0 saturated heterocycles. The third kappa shape index (κ3) is 1.97. The van der Waals surface area contributed by atoms with Gasteiger partial charge in [-0.05, 0) is 18.2 Å². The van der Waals surface area contributed by atoms with E-state index in [0.29, 0.717) is 5.88 Å². The summed E-state index contributed by atoms with van der Waals surface area (Å²) in [7, 11) is 0. The molecule has 0 saturated carbocycles. The van der Waals surface area contributed by atoms with Gasteiger partial charge in [0.25, 0.3) is 0 Å². The zero-order valence-electron chi connectivity index (χ0n) is 9.70. The fraction of sp³-hybridized carbons (Fsp3) is 0.250. The number of halogens is 1. The summed E-state index contributed by atoms with van der Waals surface area (Å²) in [5.74, 6) is 1.23. The number of fused-ring (bicyclic) bond motifs is 1. The van der Waals surface area contributed by atoms with Crippen LogP contribution < -0.4 is 0 Å². The molecule has 3 aromatic heterocycles. The molecule has 0 bridgehead atoms. The molecule has 0 aromatic carbocycles. The maximum atomic E-state index is 5.93. The number of hydrogen-bond acceptors (Lipinski definition) is 3. The molecule has 3 heterocycles. The minimum Gasteiger partial charge on any atom is -0.310 e. The number of nitrogens with zero attached hydrogens (tertiary/aromatic N) is 5. The number of aromatic nitrogens is 5. The predicted molar refractivity (Wildman–Crippen MR) is 69.3 cm³/mol. The quantitative estimate of drug-likeness (QED) is 0.676. The van der Waals surface area contributed by atoms with Crippen molar-refractivity contribution in [1.29, 1.82) is 0 Å². The molecule has 0 spiro atoms. The van der Waals surface area contributed by atoms with Gasteiger partial charge in [0.2, 0.25) is 0 Å². The van der Waals surface area contributed by atoms with Crippen LogP contribution in [-0.2, 0) is 19.0 Å². The van der Waals surface area contributed by atoms with Gasteiger partial charge in [0.05, 0.1) is 12.4 Å². The van der Waals surface area contributed by atoms with E-state index in [1.165, 1.54) is 0 Å². The molecule has 0 aliphatic rings. The molecule has 6 heteroatoms. The van der Waals surface area contributed by atoms with Crippen LogP contribution in [-0.4, -0.2) is 24.3 Å². The number of aryl methyl sites for hydroxylation is 2. The highest BCUT2D eigenvalue weighted by Crippen LogP contribution is 2.15. The maximum Gasteiger partial charge on any atom is 0.160 e. The summed E-state index contributed by atoms with van der Waals surface area (Å²) in [4.78, 5) is 8.83. The molecule has 0 N–H and O–H groups in total. The SMILES string of the molecule is ClCc1nc2cccnc2n1CCn1cccn1. The van der Waals surface area contributed by atoms with Gasteiger partial charge in [-0.25, -0.2) is 9.97 Å². The lowest BCUT2D eigenvalue weighted by Gasteiger charge is -2.06. The van der Waals surface area contributed by atoms with E-state index in [1.807, 2.05) is 33.6 Å². The summed E-state index contributed by atoms with van der Waals surface area (Å²) in [5.41, 5.74) is 1.76. The Hall–Kier alpha value is -1.88.